The van der Waals surface area contributed by atoms with E-state index < -0.39 is 16.2 Å². The van der Waals surface area contributed by atoms with E-state index in [4.69, 9.17) is 25.3 Å². The van der Waals surface area contributed by atoms with Gasteiger partial charge in [0.15, 0.2) is 5.22 Å². The van der Waals surface area contributed by atoms with E-state index in [0.717, 1.165) is 11.8 Å². The minimum Gasteiger partial charge on any atom is -0.398 e. The summed E-state index contributed by atoms with van der Waals surface area (Å²) in [5.74, 6) is 0.210. The number of amides is 1. The van der Waals surface area contributed by atoms with Crippen LogP contribution in [0, 0.1) is 0 Å². The molecule has 0 aromatic heterocycles. The molecule has 1 aliphatic rings. The Bertz CT molecular complexity index is 688. The normalized spacial score (nSPS) is 18.3. The highest BCUT2D eigenvalue weighted by Gasteiger charge is 2.26. The van der Waals surface area contributed by atoms with Crippen LogP contribution in [0.3, 0.4) is 0 Å². The summed E-state index contributed by atoms with van der Waals surface area (Å²) in [5.41, 5.74) is 0.785. The van der Waals surface area contributed by atoms with Crippen molar-refractivity contribution in [2.45, 2.75) is 6.10 Å². The third kappa shape index (κ3) is 5.42. The first-order valence-electron chi connectivity index (χ1n) is 6.67. The molecule has 0 bridgehead atoms. The van der Waals surface area contributed by atoms with Crippen molar-refractivity contribution in [3.63, 3.8) is 0 Å². The van der Waals surface area contributed by atoms with Crippen LogP contribution < -0.4 is 4.18 Å². The monoisotopic (exact) mass is 361 g/mol. The summed E-state index contributed by atoms with van der Waals surface area (Å²) in [6, 6.07) is 6.41. The lowest BCUT2D eigenvalue weighted by atomic mass is 10.1. The predicted molar refractivity (Wildman–Crippen MR) is 83.7 cm³/mol. The van der Waals surface area contributed by atoms with E-state index in [1.54, 1.807) is 12.1 Å². The summed E-state index contributed by atoms with van der Waals surface area (Å²) in [5, 5.41) is -0.194. The lowest BCUT2D eigenvalue weighted by Gasteiger charge is -2.32. The molecule has 0 radical (unpaired) electrons. The van der Waals surface area contributed by atoms with Crippen molar-refractivity contribution in [1.29, 1.82) is 0 Å². The fourth-order valence-electron chi connectivity index (χ4n) is 2.09. The zero-order valence-corrected chi connectivity index (χ0v) is 14.0. The standard InChI is InChI=1S/C14H16ClNO6S/c1-10(15)21-14(17)16-7-8-20-13(9-16)11-3-5-12(6-4-11)22-23(2,18)19/h3-6,13H,1,7-9H2,2H3/t13-/m1/s1. The molecule has 1 saturated heterocycles. The summed E-state index contributed by atoms with van der Waals surface area (Å²) >= 11 is 5.46. The summed E-state index contributed by atoms with van der Waals surface area (Å²) in [7, 11) is -3.57. The van der Waals surface area contributed by atoms with Crippen LogP contribution in [0.4, 0.5) is 4.79 Å². The minimum absolute atomic E-state index is 0.194. The SMILES string of the molecule is C=C(Cl)OC(=O)N1CCO[C@@H](c2ccc(OS(C)(=O)=O)cc2)C1. The maximum atomic E-state index is 11.8. The van der Waals surface area contributed by atoms with Crippen LogP contribution in [0.25, 0.3) is 0 Å². The third-order valence-electron chi connectivity index (χ3n) is 3.02. The van der Waals surface area contributed by atoms with Gasteiger partial charge in [0, 0.05) is 6.54 Å². The van der Waals surface area contributed by atoms with Crippen LogP contribution >= 0.6 is 11.6 Å². The van der Waals surface area contributed by atoms with Crippen LogP contribution in [0.15, 0.2) is 36.1 Å². The molecular weight excluding hydrogens is 346 g/mol. The third-order valence-corrected chi connectivity index (χ3v) is 3.59. The number of rotatable bonds is 4. The van der Waals surface area contributed by atoms with Gasteiger partial charge in [-0.3, -0.25) is 0 Å². The number of halogens is 1. The van der Waals surface area contributed by atoms with Crippen LogP contribution in [0.5, 0.6) is 5.75 Å². The summed E-state index contributed by atoms with van der Waals surface area (Å²) in [6.45, 7) is 4.32. The van der Waals surface area contributed by atoms with E-state index in [1.807, 2.05) is 0 Å². The molecule has 7 nitrogen and oxygen atoms in total. The van der Waals surface area contributed by atoms with E-state index >= 15 is 0 Å². The highest BCUT2D eigenvalue weighted by Crippen LogP contribution is 2.25. The molecule has 1 atom stereocenters. The molecule has 126 valence electrons. The molecule has 0 spiro atoms. The zero-order chi connectivity index (χ0) is 17.0. The molecule has 1 fully saturated rings. The molecule has 1 aromatic carbocycles. The molecule has 1 aromatic rings. The van der Waals surface area contributed by atoms with Crippen LogP contribution in [0.1, 0.15) is 11.7 Å². The number of carbonyl (C=O) groups excluding carboxylic acids is 1. The molecule has 1 aliphatic heterocycles. The predicted octanol–water partition coefficient (Wildman–Crippen LogP) is 2.24. The first-order chi connectivity index (χ1) is 10.7. The average Bonchev–Trinajstić information content (AvgIpc) is 2.46. The molecule has 1 amide bonds. The van der Waals surface area contributed by atoms with Gasteiger partial charge in [0.1, 0.15) is 11.9 Å². The zero-order valence-electron chi connectivity index (χ0n) is 12.4. The van der Waals surface area contributed by atoms with Crippen molar-refractivity contribution in [3.8, 4) is 5.75 Å². The Labute approximate surface area is 139 Å². The first-order valence-corrected chi connectivity index (χ1v) is 8.86. The van der Waals surface area contributed by atoms with E-state index in [2.05, 4.69) is 6.58 Å². The highest BCUT2D eigenvalue weighted by atomic mass is 35.5. The second-order valence-electron chi connectivity index (χ2n) is 4.89. The molecule has 0 unspecified atom stereocenters. The summed E-state index contributed by atoms with van der Waals surface area (Å²) < 4.78 is 37.3. The molecule has 0 N–H and O–H groups in total. The number of hydrogen-bond donors (Lipinski definition) is 0. The highest BCUT2D eigenvalue weighted by molar-refractivity contribution is 7.86. The van der Waals surface area contributed by atoms with Crippen molar-refractivity contribution >= 4 is 27.8 Å². The van der Waals surface area contributed by atoms with Crippen molar-refractivity contribution < 1.29 is 26.9 Å². The van der Waals surface area contributed by atoms with Crippen LogP contribution in [-0.4, -0.2) is 45.4 Å². The first kappa shape index (κ1) is 17.6. The molecule has 2 rings (SSSR count). The van der Waals surface area contributed by atoms with Gasteiger partial charge in [-0.05, 0) is 35.9 Å². The second kappa shape index (κ2) is 7.20. The van der Waals surface area contributed by atoms with Gasteiger partial charge in [0.2, 0.25) is 0 Å². The largest absolute Gasteiger partial charge is 0.416 e. The van der Waals surface area contributed by atoms with Crippen molar-refractivity contribution in [2.24, 2.45) is 0 Å². The Hall–Kier alpha value is -1.77. The second-order valence-corrected chi connectivity index (χ2v) is 6.88. The van der Waals surface area contributed by atoms with Crippen molar-refractivity contribution in [3.05, 3.63) is 41.6 Å². The van der Waals surface area contributed by atoms with Gasteiger partial charge < -0.3 is 18.6 Å². The number of hydrogen-bond acceptors (Lipinski definition) is 6. The number of ether oxygens (including phenoxy) is 2. The molecule has 23 heavy (non-hydrogen) atoms. The van der Waals surface area contributed by atoms with Crippen molar-refractivity contribution in [2.75, 3.05) is 26.0 Å². The Morgan fingerprint density at radius 2 is 2.04 bits per heavy atom. The van der Waals surface area contributed by atoms with Gasteiger partial charge in [-0.25, -0.2) is 4.79 Å². The molecular formula is C14H16ClNO6S. The van der Waals surface area contributed by atoms with Gasteiger partial charge in [-0.15, -0.1) is 0 Å². The average molecular weight is 362 g/mol. The topological polar surface area (TPSA) is 82.1 Å². The molecule has 0 saturated carbocycles. The Morgan fingerprint density at radius 1 is 1.39 bits per heavy atom. The van der Waals surface area contributed by atoms with Gasteiger partial charge in [0.05, 0.1) is 19.4 Å². The number of nitrogens with zero attached hydrogens (tertiary/aromatic N) is 1. The number of carbonyl (C=O) groups is 1. The number of morpholine rings is 1. The Kier molecular flexibility index (Phi) is 5.51. The summed E-state index contributed by atoms with van der Waals surface area (Å²) in [6.07, 6.45) is 0.0295. The van der Waals surface area contributed by atoms with E-state index in [-0.39, 0.29) is 23.6 Å². The molecule has 1 heterocycles. The molecule has 9 heteroatoms. The quantitative estimate of drug-likeness (QED) is 0.604. The fraction of sp³-hybridized carbons (Fsp3) is 0.357. The maximum absolute atomic E-state index is 11.8. The smallest absolute Gasteiger partial charge is 0.398 e. The lowest BCUT2D eigenvalue weighted by Crippen LogP contribution is -2.42. The lowest BCUT2D eigenvalue weighted by molar-refractivity contribution is -0.0243. The van der Waals surface area contributed by atoms with Gasteiger partial charge in [0.25, 0.3) is 0 Å². The minimum atomic E-state index is -3.57. The van der Waals surface area contributed by atoms with E-state index in [1.165, 1.54) is 17.0 Å². The van der Waals surface area contributed by atoms with E-state index in [9.17, 15) is 13.2 Å². The van der Waals surface area contributed by atoms with Crippen molar-refractivity contribution in [1.82, 2.24) is 4.90 Å². The van der Waals surface area contributed by atoms with E-state index in [0.29, 0.717) is 13.2 Å². The number of benzene rings is 1. The molecule has 0 aliphatic carbocycles. The maximum Gasteiger partial charge on any atom is 0.416 e. The van der Waals surface area contributed by atoms with Gasteiger partial charge >= 0.3 is 16.2 Å². The summed E-state index contributed by atoms with van der Waals surface area (Å²) in [4.78, 5) is 13.3. The van der Waals surface area contributed by atoms with Gasteiger partial charge in [-0.1, -0.05) is 12.1 Å². The Morgan fingerprint density at radius 3 is 2.61 bits per heavy atom. The fourth-order valence-corrected chi connectivity index (χ4v) is 2.62. The Balaban J connectivity index is 2.03. The van der Waals surface area contributed by atoms with Crippen LogP contribution in [-0.2, 0) is 19.6 Å². The van der Waals surface area contributed by atoms with Gasteiger partial charge in [-0.2, -0.15) is 8.42 Å². The van der Waals surface area contributed by atoms with Crippen LogP contribution in [0.2, 0.25) is 0 Å².